The highest BCUT2D eigenvalue weighted by atomic mass is 19.2. The van der Waals surface area contributed by atoms with E-state index in [1.807, 2.05) is 0 Å². The normalized spacial score (nSPS) is 10.6. The predicted molar refractivity (Wildman–Crippen MR) is 94.3 cm³/mol. The summed E-state index contributed by atoms with van der Waals surface area (Å²) in [6.45, 7) is 2.39. The fraction of sp³-hybridized carbons (Fsp3) is 0.600. The van der Waals surface area contributed by atoms with Crippen molar-refractivity contribution in [3.8, 4) is 0 Å². The van der Waals surface area contributed by atoms with Crippen molar-refractivity contribution in [3.05, 3.63) is 35.4 Å². The second-order valence-corrected chi connectivity index (χ2v) is 6.25. The molecule has 0 aliphatic rings. The van der Waals surface area contributed by atoms with Crippen LogP contribution in [0.5, 0.6) is 0 Å². The maximum Gasteiger partial charge on any atom is 0.306 e. The summed E-state index contributed by atoms with van der Waals surface area (Å²) >= 11 is 0. The first kappa shape index (κ1) is 22.1. The van der Waals surface area contributed by atoms with Crippen LogP contribution in [0.15, 0.2) is 18.2 Å². The van der Waals surface area contributed by atoms with E-state index >= 15 is 0 Å². The van der Waals surface area contributed by atoms with Gasteiger partial charge in [-0.1, -0.05) is 51.5 Å². The van der Waals surface area contributed by atoms with Gasteiger partial charge >= 0.3 is 11.9 Å². The molecule has 0 heterocycles. The number of unbranched alkanes of at least 4 members (excludes halogenated alkanes) is 6. The Morgan fingerprint density at radius 3 is 2.12 bits per heavy atom. The van der Waals surface area contributed by atoms with Crippen LogP contribution in [-0.4, -0.2) is 18.5 Å². The standard InChI is InChI=1S/C20H28F2O4/c1-2-3-4-5-6-7-8-13-25-19(23)11-12-20(24)26-15-16-9-10-17(21)18(22)14-16/h9-10,14H,2-8,11-13,15H2,1H3. The van der Waals surface area contributed by atoms with Crippen molar-refractivity contribution in [2.24, 2.45) is 0 Å². The Labute approximate surface area is 153 Å². The fourth-order valence-corrected chi connectivity index (χ4v) is 2.39. The summed E-state index contributed by atoms with van der Waals surface area (Å²) in [6, 6.07) is 3.28. The molecular formula is C20H28F2O4. The van der Waals surface area contributed by atoms with Crippen molar-refractivity contribution < 1.29 is 27.8 Å². The summed E-state index contributed by atoms with van der Waals surface area (Å²) in [5.74, 6) is -2.96. The monoisotopic (exact) mass is 370 g/mol. The van der Waals surface area contributed by atoms with Gasteiger partial charge in [0.2, 0.25) is 0 Å². The van der Waals surface area contributed by atoms with Gasteiger partial charge in [0.25, 0.3) is 0 Å². The molecule has 0 N–H and O–H groups in total. The van der Waals surface area contributed by atoms with E-state index in [-0.39, 0.29) is 19.4 Å². The molecule has 0 saturated heterocycles. The molecule has 0 aliphatic carbocycles. The Bertz CT molecular complexity index is 561. The molecule has 0 aliphatic heterocycles. The van der Waals surface area contributed by atoms with Crippen LogP contribution in [0.25, 0.3) is 0 Å². The number of hydrogen-bond donors (Lipinski definition) is 0. The lowest BCUT2D eigenvalue weighted by molar-refractivity contribution is -0.151. The van der Waals surface area contributed by atoms with E-state index in [2.05, 4.69) is 6.92 Å². The van der Waals surface area contributed by atoms with E-state index < -0.39 is 23.6 Å². The molecule has 1 aromatic rings. The number of halogens is 2. The Morgan fingerprint density at radius 2 is 1.46 bits per heavy atom. The van der Waals surface area contributed by atoms with E-state index in [9.17, 15) is 18.4 Å². The maximum absolute atomic E-state index is 13.0. The number of carbonyl (C=O) groups is 2. The Kier molecular flexibility index (Phi) is 11.2. The molecule has 0 spiro atoms. The third kappa shape index (κ3) is 10.1. The molecule has 0 fully saturated rings. The minimum Gasteiger partial charge on any atom is -0.466 e. The smallest absolute Gasteiger partial charge is 0.306 e. The number of rotatable bonds is 13. The summed E-state index contributed by atoms with van der Waals surface area (Å²) in [6.07, 6.45) is 7.82. The highest BCUT2D eigenvalue weighted by Gasteiger charge is 2.10. The molecule has 0 saturated carbocycles. The molecule has 0 amide bonds. The van der Waals surface area contributed by atoms with Gasteiger partial charge in [-0.25, -0.2) is 8.78 Å². The second-order valence-electron chi connectivity index (χ2n) is 6.25. The summed E-state index contributed by atoms with van der Waals surface area (Å²) in [5, 5.41) is 0. The van der Waals surface area contributed by atoms with Crippen molar-refractivity contribution in [1.29, 1.82) is 0 Å². The zero-order valence-corrected chi connectivity index (χ0v) is 15.4. The van der Waals surface area contributed by atoms with Gasteiger partial charge in [0.05, 0.1) is 19.4 Å². The summed E-state index contributed by atoms with van der Waals surface area (Å²) in [7, 11) is 0. The molecular weight excluding hydrogens is 342 g/mol. The minimum absolute atomic E-state index is 0.0485. The van der Waals surface area contributed by atoms with Gasteiger partial charge in [-0.3, -0.25) is 9.59 Å². The molecule has 146 valence electrons. The third-order valence-electron chi connectivity index (χ3n) is 3.93. The van der Waals surface area contributed by atoms with Crippen molar-refractivity contribution in [3.63, 3.8) is 0 Å². The molecule has 0 unspecified atom stereocenters. The van der Waals surface area contributed by atoms with Crippen molar-refractivity contribution in [2.75, 3.05) is 6.61 Å². The Balaban J connectivity index is 2.05. The zero-order valence-electron chi connectivity index (χ0n) is 15.4. The Morgan fingerprint density at radius 1 is 0.846 bits per heavy atom. The molecule has 4 nitrogen and oxygen atoms in total. The molecule has 1 aromatic carbocycles. The lowest BCUT2D eigenvalue weighted by atomic mass is 10.1. The molecule has 0 atom stereocenters. The number of ether oxygens (including phenoxy) is 2. The average molecular weight is 370 g/mol. The van der Waals surface area contributed by atoms with Crippen LogP contribution < -0.4 is 0 Å². The van der Waals surface area contributed by atoms with Crippen molar-refractivity contribution in [1.82, 2.24) is 0 Å². The highest BCUT2D eigenvalue weighted by molar-refractivity contribution is 5.77. The van der Waals surface area contributed by atoms with Gasteiger partial charge in [-0.2, -0.15) is 0 Å². The van der Waals surface area contributed by atoms with Crippen LogP contribution in [0.2, 0.25) is 0 Å². The van der Waals surface area contributed by atoms with Crippen LogP contribution >= 0.6 is 0 Å². The number of carbonyl (C=O) groups excluding carboxylic acids is 2. The molecule has 0 aromatic heterocycles. The van der Waals surface area contributed by atoms with E-state index in [0.717, 1.165) is 31.4 Å². The van der Waals surface area contributed by atoms with Crippen LogP contribution in [0.3, 0.4) is 0 Å². The lowest BCUT2D eigenvalue weighted by Crippen LogP contribution is -2.11. The minimum atomic E-state index is -0.993. The van der Waals surface area contributed by atoms with Crippen molar-refractivity contribution >= 4 is 11.9 Å². The van der Waals surface area contributed by atoms with E-state index in [0.29, 0.717) is 12.2 Å². The quantitative estimate of drug-likeness (QED) is 0.359. The summed E-state index contributed by atoms with van der Waals surface area (Å²) < 4.78 is 35.8. The average Bonchev–Trinajstić information content (AvgIpc) is 2.63. The van der Waals surface area contributed by atoms with Gasteiger partial charge in [-0.05, 0) is 24.1 Å². The van der Waals surface area contributed by atoms with Crippen LogP contribution in [0.4, 0.5) is 8.78 Å². The molecule has 26 heavy (non-hydrogen) atoms. The summed E-state index contributed by atoms with van der Waals surface area (Å²) in [5.41, 5.74) is 0.346. The summed E-state index contributed by atoms with van der Waals surface area (Å²) in [4.78, 5) is 23.1. The largest absolute Gasteiger partial charge is 0.466 e. The van der Waals surface area contributed by atoms with Gasteiger partial charge in [0, 0.05) is 0 Å². The fourth-order valence-electron chi connectivity index (χ4n) is 2.39. The SMILES string of the molecule is CCCCCCCCCOC(=O)CCC(=O)OCc1ccc(F)c(F)c1. The van der Waals surface area contributed by atoms with Crippen LogP contribution in [-0.2, 0) is 25.7 Å². The van der Waals surface area contributed by atoms with Gasteiger partial charge in [-0.15, -0.1) is 0 Å². The lowest BCUT2D eigenvalue weighted by Gasteiger charge is -2.06. The van der Waals surface area contributed by atoms with Gasteiger partial charge in [0.15, 0.2) is 11.6 Å². The first-order valence-electron chi connectivity index (χ1n) is 9.28. The Hall–Kier alpha value is -1.98. The number of hydrogen-bond acceptors (Lipinski definition) is 4. The van der Waals surface area contributed by atoms with Gasteiger partial charge < -0.3 is 9.47 Å². The highest BCUT2D eigenvalue weighted by Crippen LogP contribution is 2.10. The first-order valence-corrected chi connectivity index (χ1v) is 9.28. The topological polar surface area (TPSA) is 52.6 Å². The molecule has 0 bridgehead atoms. The molecule has 1 rings (SSSR count). The van der Waals surface area contributed by atoms with Gasteiger partial charge in [0.1, 0.15) is 6.61 Å². The van der Waals surface area contributed by atoms with E-state index in [1.165, 1.54) is 31.7 Å². The second kappa shape index (κ2) is 13.3. The maximum atomic E-state index is 13.0. The first-order chi connectivity index (χ1) is 12.5. The van der Waals surface area contributed by atoms with E-state index in [4.69, 9.17) is 9.47 Å². The number of benzene rings is 1. The van der Waals surface area contributed by atoms with E-state index in [1.54, 1.807) is 0 Å². The van der Waals surface area contributed by atoms with Crippen LogP contribution in [0, 0.1) is 11.6 Å². The predicted octanol–water partition coefficient (Wildman–Crippen LogP) is 5.08. The van der Waals surface area contributed by atoms with Crippen LogP contribution in [0.1, 0.15) is 70.3 Å². The van der Waals surface area contributed by atoms with Crippen molar-refractivity contribution in [2.45, 2.75) is 71.3 Å². The zero-order chi connectivity index (χ0) is 19.2. The molecule has 0 radical (unpaired) electrons. The third-order valence-corrected chi connectivity index (χ3v) is 3.93. The number of esters is 2. The molecule has 6 heteroatoms.